The molecule has 2 aliphatic rings. The van der Waals surface area contributed by atoms with E-state index in [4.69, 9.17) is 5.73 Å². The van der Waals surface area contributed by atoms with Crippen LogP contribution in [-0.4, -0.2) is 38.7 Å². The maximum Gasteiger partial charge on any atom is 0.333 e. The summed E-state index contributed by atoms with van der Waals surface area (Å²) in [5, 5.41) is 21.8. The minimum absolute atomic E-state index is 0.0794. The Labute approximate surface area is 159 Å². The van der Waals surface area contributed by atoms with Crippen molar-refractivity contribution in [3.63, 3.8) is 0 Å². The van der Waals surface area contributed by atoms with Crippen molar-refractivity contribution in [3.05, 3.63) is 15.8 Å². The largest absolute Gasteiger partial charge is 0.353 e. The Morgan fingerprint density at radius 3 is 2.59 bits per heavy atom. The standard InChI is InChI=1S/C18H30N6O3/c1-4-14(20-17-16(24(26)27)10(2)22-23(17)3)18(25)21-15-11-6-5-7-12(15)9-13(19)8-11/h11-15,20H,4-9,19H2,1-3H3,(H,21,25). The number of hydrogen-bond acceptors (Lipinski definition) is 6. The van der Waals surface area contributed by atoms with Crippen LogP contribution in [-0.2, 0) is 11.8 Å². The maximum atomic E-state index is 13.0. The van der Waals surface area contributed by atoms with E-state index in [1.165, 1.54) is 11.1 Å². The molecule has 0 aliphatic heterocycles. The summed E-state index contributed by atoms with van der Waals surface area (Å²) in [5.41, 5.74) is 6.42. The van der Waals surface area contributed by atoms with E-state index < -0.39 is 11.0 Å². The lowest BCUT2D eigenvalue weighted by Crippen LogP contribution is -2.56. The maximum absolute atomic E-state index is 13.0. The fourth-order valence-electron chi connectivity index (χ4n) is 4.84. The number of fused-ring (bicyclic) bond motifs is 2. The first kappa shape index (κ1) is 19.6. The van der Waals surface area contributed by atoms with Gasteiger partial charge in [-0.1, -0.05) is 13.3 Å². The average Bonchev–Trinajstić information content (AvgIpc) is 2.86. The van der Waals surface area contributed by atoms with Crippen molar-refractivity contribution in [1.82, 2.24) is 15.1 Å². The van der Waals surface area contributed by atoms with Crippen LogP contribution in [0, 0.1) is 28.9 Å². The van der Waals surface area contributed by atoms with Crippen molar-refractivity contribution in [2.75, 3.05) is 5.32 Å². The molecule has 2 bridgehead atoms. The molecule has 1 aromatic rings. The van der Waals surface area contributed by atoms with Crippen molar-refractivity contribution in [3.8, 4) is 0 Å². The van der Waals surface area contributed by atoms with Crippen LogP contribution in [0.4, 0.5) is 11.5 Å². The molecule has 0 spiro atoms. The summed E-state index contributed by atoms with van der Waals surface area (Å²) in [6.07, 6.45) is 5.84. The molecule has 27 heavy (non-hydrogen) atoms. The summed E-state index contributed by atoms with van der Waals surface area (Å²) in [4.78, 5) is 23.9. The van der Waals surface area contributed by atoms with Crippen LogP contribution in [0.15, 0.2) is 0 Å². The van der Waals surface area contributed by atoms with E-state index in [0.717, 1.165) is 25.7 Å². The summed E-state index contributed by atoms with van der Waals surface area (Å²) in [6.45, 7) is 3.49. The number of nitro groups is 1. The molecule has 2 aliphatic carbocycles. The number of hydrogen-bond donors (Lipinski definition) is 3. The zero-order valence-electron chi connectivity index (χ0n) is 16.3. The molecule has 3 rings (SSSR count). The number of aryl methyl sites for hydroxylation is 2. The van der Waals surface area contributed by atoms with E-state index in [1.54, 1.807) is 14.0 Å². The van der Waals surface area contributed by atoms with Crippen LogP contribution >= 0.6 is 0 Å². The molecule has 0 radical (unpaired) electrons. The first-order valence-corrected chi connectivity index (χ1v) is 9.82. The first-order chi connectivity index (χ1) is 12.8. The minimum Gasteiger partial charge on any atom is -0.353 e. The third-order valence-electron chi connectivity index (χ3n) is 6.09. The third-order valence-corrected chi connectivity index (χ3v) is 6.09. The van der Waals surface area contributed by atoms with E-state index in [2.05, 4.69) is 15.7 Å². The molecule has 150 valence electrons. The monoisotopic (exact) mass is 378 g/mol. The van der Waals surface area contributed by atoms with Crippen LogP contribution in [0.1, 0.15) is 51.1 Å². The topological polar surface area (TPSA) is 128 Å². The van der Waals surface area contributed by atoms with Gasteiger partial charge in [0.25, 0.3) is 0 Å². The second kappa shape index (κ2) is 7.84. The Morgan fingerprint density at radius 1 is 1.41 bits per heavy atom. The number of nitrogens with zero attached hydrogens (tertiary/aromatic N) is 3. The van der Waals surface area contributed by atoms with Crippen LogP contribution < -0.4 is 16.4 Å². The molecule has 9 nitrogen and oxygen atoms in total. The third kappa shape index (κ3) is 3.92. The van der Waals surface area contributed by atoms with Gasteiger partial charge in [0.05, 0.1) is 4.92 Å². The Kier molecular flexibility index (Phi) is 5.69. The van der Waals surface area contributed by atoms with Crippen LogP contribution in [0.25, 0.3) is 0 Å². The SMILES string of the molecule is CCC(Nc1c([N+](=O)[O-])c(C)nn1C)C(=O)NC1C2CCCC1CC(N)C2. The van der Waals surface area contributed by atoms with Gasteiger partial charge in [0, 0.05) is 19.1 Å². The molecule has 2 fully saturated rings. The van der Waals surface area contributed by atoms with Gasteiger partial charge in [-0.3, -0.25) is 14.9 Å². The molecule has 0 saturated heterocycles. The highest BCUT2D eigenvalue weighted by molar-refractivity contribution is 5.85. The predicted molar refractivity (Wildman–Crippen MR) is 102 cm³/mol. The van der Waals surface area contributed by atoms with Gasteiger partial charge >= 0.3 is 5.69 Å². The Morgan fingerprint density at radius 2 is 2.04 bits per heavy atom. The van der Waals surface area contributed by atoms with Gasteiger partial charge in [0.2, 0.25) is 11.7 Å². The van der Waals surface area contributed by atoms with E-state index in [-0.39, 0.29) is 29.5 Å². The van der Waals surface area contributed by atoms with Gasteiger partial charge < -0.3 is 16.4 Å². The molecule has 2 saturated carbocycles. The van der Waals surface area contributed by atoms with Gasteiger partial charge in [0.1, 0.15) is 11.7 Å². The highest BCUT2D eigenvalue weighted by Gasteiger charge is 2.40. The number of amides is 1. The second-order valence-corrected chi connectivity index (χ2v) is 7.99. The number of carbonyl (C=O) groups excluding carboxylic acids is 1. The number of nitrogens with one attached hydrogen (secondary N) is 2. The highest BCUT2D eigenvalue weighted by Crippen LogP contribution is 2.39. The molecule has 3 atom stereocenters. The van der Waals surface area contributed by atoms with Gasteiger partial charge in [0.15, 0.2) is 0 Å². The Balaban J connectivity index is 1.73. The summed E-state index contributed by atoms with van der Waals surface area (Å²) in [7, 11) is 1.64. The van der Waals surface area contributed by atoms with E-state index >= 15 is 0 Å². The lowest BCUT2D eigenvalue weighted by molar-refractivity contribution is -0.384. The van der Waals surface area contributed by atoms with E-state index in [9.17, 15) is 14.9 Å². The van der Waals surface area contributed by atoms with Gasteiger partial charge in [-0.2, -0.15) is 5.10 Å². The van der Waals surface area contributed by atoms with E-state index in [0.29, 0.717) is 24.0 Å². The zero-order valence-corrected chi connectivity index (χ0v) is 16.3. The normalized spacial score (nSPS) is 28.4. The molecular weight excluding hydrogens is 348 g/mol. The fraction of sp³-hybridized carbons (Fsp3) is 0.778. The van der Waals surface area contributed by atoms with Gasteiger partial charge in [-0.25, -0.2) is 4.68 Å². The van der Waals surface area contributed by atoms with Crippen molar-refractivity contribution >= 4 is 17.4 Å². The van der Waals surface area contributed by atoms with Crippen molar-refractivity contribution in [2.45, 2.75) is 70.5 Å². The van der Waals surface area contributed by atoms with E-state index in [1.807, 2.05) is 6.92 Å². The Bertz CT molecular complexity index is 704. The minimum atomic E-state index is -0.546. The molecule has 9 heteroatoms. The fourth-order valence-corrected chi connectivity index (χ4v) is 4.84. The molecule has 4 N–H and O–H groups in total. The lowest BCUT2D eigenvalue weighted by atomic mass is 9.67. The molecule has 1 amide bonds. The van der Waals surface area contributed by atoms with Crippen molar-refractivity contribution in [2.24, 2.45) is 24.6 Å². The quantitative estimate of drug-likeness (QED) is 0.512. The number of nitrogens with two attached hydrogens (primary N) is 1. The summed E-state index contributed by atoms with van der Waals surface area (Å²) in [6, 6.07) is -0.159. The van der Waals surface area contributed by atoms with Crippen molar-refractivity contribution < 1.29 is 9.72 Å². The van der Waals surface area contributed by atoms with Crippen LogP contribution in [0.3, 0.4) is 0 Å². The second-order valence-electron chi connectivity index (χ2n) is 7.99. The zero-order chi connectivity index (χ0) is 19.7. The number of rotatable bonds is 6. The van der Waals surface area contributed by atoms with Crippen molar-refractivity contribution in [1.29, 1.82) is 0 Å². The van der Waals surface area contributed by atoms with Crippen LogP contribution in [0.5, 0.6) is 0 Å². The average molecular weight is 378 g/mol. The van der Waals surface area contributed by atoms with Gasteiger partial charge in [-0.15, -0.1) is 0 Å². The number of anilines is 1. The molecule has 3 unspecified atom stereocenters. The van der Waals surface area contributed by atoms with Crippen LogP contribution in [0.2, 0.25) is 0 Å². The Hall–Kier alpha value is -2.16. The predicted octanol–water partition coefficient (Wildman–Crippen LogP) is 1.85. The molecule has 0 aromatic carbocycles. The summed E-state index contributed by atoms with van der Waals surface area (Å²) >= 11 is 0. The number of aromatic nitrogens is 2. The summed E-state index contributed by atoms with van der Waals surface area (Å²) in [5.74, 6) is 1.03. The number of carbonyl (C=O) groups is 1. The smallest absolute Gasteiger partial charge is 0.333 e. The highest BCUT2D eigenvalue weighted by atomic mass is 16.6. The molecule has 1 heterocycles. The van der Waals surface area contributed by atoms with Gasteiger partial charge in [-0.05, 0) is 50.9 Å². The summed E-state index contributed by atoms with van der Waals surface area (Å²) < 4.78 is 1.43. The first-order valence-electron chi connectivity index (χ1n) is 9.82. The molecule has 1 aromatic heterocycles. The lowest BCUT2D eigenvalue weighted by Gasteiger charge is -2.45. The molecular formula is C18H30N6O3.